The van der Waals surface area contributed by atoms with E-state index in [1.165, 1.54) is 0 Å². The van der Waals surface area contributed by atoms with Crippen molar-refractivity contribution < 1.29 is 14.1 Å². The molecule has 0 atom stereocenters. The second kappa shape index (κ2) is 5.16. The van der Waals surface area contributed by atoms with Gasteiger partial charge in [0.15, 0.2) is 5.82 Å². The summed E-state index contributed by atoms with van der Waals surface area (Å²) < 4.78 is 9.82. The van der Waals surface area contributed by atoms with Gasteiger partial charge >= 0.3 is 6.09 Å². The molecule has 88 valence electrons. The maximum absolute atomic E-state index is 11.4. The summed E-state index contributed by atoms with van der Waals surface area (Å²) in [6.07, 6.45) is -0.554. The van der Waals surface area contributed by atoms with E-state index >= 15 is 0 Å². The second-order valence-electron chi connectivity index (χ2n) is 3.51. The number of amides is 1. The molecule has 0 spiro atoms. The monoisotopic (exact) mass is 232 g/mol. The zero-order chi connectivity index (χ0) is 12.1. The Bertz CT molecular complexity index is 493. The quantitative estimate of drug-likeness (QED) is 0.883. The van der Waals surface area contributed by atoms with Crippen molar-refractivity contribution in [3.63, 3.8) is 0 Å². The summed E-state index contributed by atoms with van der Waals surface area (Å²) in [5.41, 5.74) is 0.930. The van der Waals surface area contributed by atoms with Gasteiger partial charge in [-0.1, -0.05) is 35.5 Å². The molecule has 0 saturated heterocycles. The maximum atomic E-state index is 11.4. The number of benzene rings is 1. The largest absolute Gasteiger partial charge is 0.444 e. The molecule has 0 bridgehead atoms. The molecule has 5 heteroatoms. The predicted molar refractivity (Wildman–Crippen MR) is 61.5 cm³/mol. The van der Waals surface area contributed by atoms with Gasteiger partial charge in [-0.25, -0.2) is 4.79 Å². The molecule has 0 fully saturated rings. The smallest absolute Gasteiger partial charge is 0.413 e. The molecule has 0 aliphatic heterocycles. The Kier molecular flexibility index (Phi) is 3.40. The van der Waals surface area contributed by atoms with E-state index < -0.39 is 6.09 Å². The fourth-order valence-corrected chi connectivity index (χ4v) is 1.29. The lowest BCUT2D eigenvalue weighted by atomic mass is 10.2. The van der Waals surface area contributed by atoms with Gasteiger partial charge in [-0.15, -0.1) is 0 Å². The Morgan fingerprint density at radius 1 is 1.41 bits per heavy atom. The molecule has 1 aromatic heterocycles. The van der Waals surface area contributed by atoms with Gasteiger partial charge in [-0.2, -0.15) is 0 Å². The number of hydrogen-bond acceptors (Lipinski definition) is 4. The first-order valence-electron chi connectivity index (χ1n) is 5.15. The number of hydrogen-bond donors (Lipinski definition) is 1. The van der Waals surface area contributed by atoms with E-state index in [1.54, 1.807) is 13.0 Å². The molecule has 0 aliphatic rings. The Morgan fingerprint density at radius 2 is 2.18 bits per heavy atom. The van der Waals surface area contributed by atoms with Crippen LogP contribution >= 0.6 is 0 Å². The summed E-state index contributed by atoms with van der Waals surface area (Å²) in [4.78, 5) is 11.4. The summed E-state index contributed by atoms with van der Waals surface area (Å²) >= 11 is 0. The number of nitrogens with one attached hydrogen (secondary N) is 1. The summed E-state index contributed by atoms with van der Waals surface area (Å²) in [5, 5.41) is 6.09. The van der Waals surface area contributed by atoms with Crippen LogP contribution in [-0.4, -0.2) is 11.2 Å². The summed E-state index contributed by atoms with van der Waals surface area (Å²) in [6.45, 7) is 1.97. The number of aryl methyl sites for hydroxylation is 1. The van der Waals surface area contributed by atoms with E-state index in [0.717, 1.165) is 5.56 Å². The van der Waals surface area contributed by atoms with Gasteiger partial charge in [0.2, 0.25) is 0 Å². The molecular weight excluding hydrogens is 220 g/mol. The van der Waals surface area contributed by atoms with Gasteiger partial charge in [-0.05, 0) is 12.5 Å². The van der Waals surface area contributed by atoms with Crippen molar-refractivity contribution in [1.29, 1.82) is 0 Å². The molecule has 5 nitrogen and oxygen atoms in total. The number of rotatable bonds is 3. The molecule has 2 rings (SSSR count). The molecule has 0 saturated carbocycles. The Morgan fingerprint density at radius 3 is 2.82 bits per heavy atom. The van der Waals surface area contributed by atoms with E-state index in [2.05, 4.69) is 10.5 Å². The summed E-state index contributed by atoms with van der Waals surface area (Å²) in [5.74, 6) is 0.976. The summed E-state index contributed by atoms with van der Waals surface area (Å²) in [6, 6.07) is 11.1. The lowest BCUT2D eigenvalue weighted by molar-refractivity contribution is 0.155. The van der Waals surface area contributed by atoms with Crippen LogP contribution < -0.4 is 5.32 Å². The van der Waals surface area contributed by atoms with Crippen LogP contribution in [-0.2, 0) is 11.3 Å². The van der Waals surface area contributed by atoms with Crippen LogP contribution in [0, 0.1) is 6.92 Å². The van der Waals surface area contributed by atoms with Crippen molar-refractivity contribution in [1.82, 2.24) is 5.16 Å². The van der Waals surface area contributed by atoms with Crippen molar-refractivity contribution in [3.8, 4) is 0 Å². The highest BCUT2D eigenvalue weighted by atomic mass is 16.5. The lowest BCUT2D eigenvalue weighted by Gasteiger charge is -2.04. The zero-order valence-electron chi connectivity index (χ0n) is 9.34. The van der Waals surface area contributed by atoms with Crippen molar-refractivity contribution >= 4 is 11.9 Å². The van der Waals surface area contributed by atoms with Crippen molar-refractivity contribution in [2.45, 2.75) is 13.5 Å². The lowest BCUT2D eigenvalue weighted by Crippen LogP contribution is -2.13. The third kappa shape index (κ3) is 3.34. The fraction of sp³-hybridized carbons (Fsp3) is 0.167. The second-order valence-corrected chi connectivity index (χ2v) is 3.51. The average molecular weight is 232 g/mol. The Hall–Kier alpha value is -2.30. The minimum atomic E-state index is -0.554. The minimum Gasteiger partial charge on any atom is -0.444 e. The number of carbonyl (C=O) groups excluding carboxylic acids is 1. The highest BCUT2D eigenvalue weighted by molar-refractivity contribution is 5.83. The molecule has 0 radical (unpaired) electrons. The number of aromatic nitrogens is 1. The molecule has 17 heavy (non-hydrogen) atoms. The number of ether oxygens (including phenoxy) is 1. The normalized spacial score (nSPS) is 9.94. The Balaban J connectivity index is 1.82. The first-order valence-corrected chi connectivity index (χ1v) is 5.15. The Labute approximate surface area is 98.4 Å². The zero-order valence-corrected chi connectivity index (χ0v) is 9.34. The predicted octanol–water partition coefficient (Wildman–Crippen LogP) is 2.73. The SMILES string of the molecule is Cc1cc(NC(=O)OCc2ccccc2)no1. The standard InChI is InChI=1S/C12H12N2O3/c1-9-7-11(14-17-9)13-12(15)16-8-10-5-3-2-4-6-10/h2-7H,8H2,1H3,(H,13,14,15). The average Bonchev–Trinajstić information content (AvgIpc) is 2.73. The van der Waals surface area contributed by atoms with E-state index in [9.17, 15) is 4.79 Å². The summed E-state index contributed by atoms with van der Waals surface area (Å²) in [7, 11) is 0. The first-order chi connectivity index (χ1) is 8.24. The van der Waals surface area contributed by atoms with Crippen molar-refractivity contribution in [2.24, 2.45) is 0 Å². The van der Waals surface area contributed by atoms with Gasteiger partial charge in [0.05, 0.1) is 0 Å². The number of nitrogens with zero attached hydrogens (tertiary/aromatic N) is 1. The van der Waals surface area contributed by atoms with Gasteiger partial charge in [0.25, 0.3) is 0 Å². The molecule has 1 N–H and O–H groups in total. The molecule has 1 heterocycles. The van der Waals surface area contributed by atoms with Crippen LogP contribution in [0.2, 0.25) is 0 Å². The van der Waals surface area contributed by atoms with Crippen LogP contribution in [0.1, 0.15) is 11.3 Å². The first kappa shape index (κ1) is 11.2. The van der Waals surface area contributed by atoms with Gasteiger partial charge in [0, 0.05) is 6.07 Å². The highest BCUT2D eigenvalue weighted by Gasteiger charge is 2.06. The molecule has 1 amide bonds. The van der Waals surface area contributed by atoms with Crippen molar-refractivity contribution in [3.05, 3.63) is 47.7 Å². The number of carbonyl (C=O) groups is 1. The van der Waals surface area contributed by atoms with E-state index in [1.807, 2.05) is 30.3 Å². The van der Waals surface area contributed by atoms with Crippen LogP contribution in [0.3, 0.4) is 0 Å². The molecule has 0 unspecified atom stereocenters. The topological polar surface area (TPSA) is 64.4 Å². The van der Waals surface area contributed by atoms with Crippen LogP contribution in [0.4, 0.5) is 10.6 Å². The van der Waals surface area contributed by atoms with Gasteiger partial charge in [0.1, 0.15) is 12.4 Å². The van der Waals surface area contributed by atoms with Gasteiger partial charge in [-0.3, -0.25) is 5.32 Å². The van der Waals surface area contributed by atoms with Crippen molar-refractivity contribution in [2.75, 3.05) is 5.32 Å². The fourth-order valence-electron chi connectivity index (χ4n) is 1.29. The molecule has 0 aliphatic carbocycles. The minimum absolute atomic E-state index is 0.226. The third-order valence-electron chi connectivity index (χ3n) is 2.07. The third-order valence-corrected chi connectivity index (χ3v) is 2.07. The number of anilines is 1. The molecule has 1 aromatic carbocycles. The molecular formula is C12H12N2O3. The van der Waals surface area contributed by atoms with Crippen LogP contribution in [0.25, 0.3) is 0 Å². The van der Waals surface area contributed by atoms with Gasteiger partial charge < -0.3 is 9.26 Å². The van der Waals surface area contributed by atoms with E-state index in [-0.39, 0.29) is 6.61 Å². The van der Waals surface area contributed by atoms with E-state index in [0.29, 0.717) is 11.6 Å². The maximum Gasteiger partial charge on any atom is 0.413 e. The van der Waals surface area contributed by atoms with Crippen LogP contribution in [0.5, 0.6) is 0 Å². The molecule has 2 aromatic rings. The van der Waals surface area contributed by atoms with E-state index in [4.69, 9.17) is 9.26 Å². The highest BCUT2D eigenvalue weighted by Crippen LogP contribution is 2.08. The van der Waals surface area contributed by atoms with Crippen LogP contribution in [0.15, 0.2) is 40.9 Å².